The van der Waals surface area contributed by atoms with E-state index in [9.17, 15) is 14.8 Å². The molecule has 0 bridgehead atoms. The normalized spacial score (nSPS) is 11.8. The second kappa shape index (κ2) is 5.26. The molecule has 1 aromatic heterocycles. The van der Waals surface area contributed by atoms with E-state index in [1.165, 1.54) is 11.3 Å². The highest BCUT2D eigenvalue weighted by atomic mass is 32.1. The van der Waals surface area contributed by atoms with Gasteiger partial charge >= 0.3 is 5.97 Å². The number of esters is 1. The maximum atomic E-state index is 11.2. The van der Waals surface area contributed by atoms with Crippen molar-refractivity contribution >= 4 is 23.1 Å². The van der Waals surface area contributed by atoms with Crippen LogP contribution in [0.2, 0.25) is 0 Å². The highest BCUT2D eigenvalue weighted by Crippen LogP contribution is 2.22. The van der Waals surface area contributed by atoms with Gasteiger partial charge in [-0.05, 0) is 23.5 Å². The second-order valence-electron chi connectivity index (χ2n) is 2.49. The summed E-state index contributed by atoms with van der Waals surface area (Å²) < 4.78 is 4.57. The molecule has 0 saturated heterocycles. The lowest BCUT2D eigenvalue weighted by molar-refractivity contribution is -0.138. The van der Waals surface area contributed by atoms with Crippen molar-refractivity contribution < 1.29 is 14.6 Å². The zero-order valence-electron chi connectivity index (χ0n) is 7.97. The van der Waals surface area contributed by atoms with Crippen LogP contribution in [-0.4, -0.2) is 17.7 Å². The lowest BCUT2D eigenvalue weighted by atomic mass is 10.3. The largest absolute Gasteiger partial charge is 0.504 e. The Hall–Kier alpha value is -1.69. The minimum Gasteiger partial charge on any atom is -0.504 e. The molecule has 0 saturated carbocycles. The molecule has 0 fully saturated rings. The Morgan fingerprint density at radius 2 is 2.40 bits per heavy atom. The molecule has 0 unspecified atom stereocenters. The molecule has 0 aliphatic rings. The fourth-order valence-electron chi connectivity index (χ4n) is 0.907. The number of rotatable bonds is 4. The summed E-state index contributed by atoms with van der Waals surface area (Å²) in [6.07, 6.45) is 0. The highest BCUT2D eigenvalue weighted by Gasteiger charge is 2.19. The van der Waals surface area contributed by atoms with Gasteiger partial charge in [-0.2, -0.15) is 0 Å². The van der Waals surface area contributed by atoms with E-state index < -0.39 is 17.4 Å². The van der Waals surface area contributed by atoms with Gasteiger partial charge in [0.1, 0.15) is 0 Å². The van der Waals surface area contributed by atoms with Gasteiger partial charge in [-0.3, -0.25) is 0 Å². The quantitative estimate of drug-likeness (QED) is 0.370. The molecule has 0 radical (unpaired) electrons. The van der Waals surface area contributed by atoms with Crippen LogP contribution in [0.1, 0.15) is 11.8 Å². The van der Waals surface area contributed by atoms with Gasteiger partial charge in [0.25, 0.3) is 0 Å². The summed E-state index contributed by atoms with van der Waals surface area (Å²) >= 11 is 1.20. The first-order chi connectivity index (χ1) is 7.20. The second-order valence-corrected chi connectivity index (χ2v) is 3.43. The zero-order valence-corrected chi connectivity index (χ0v) is 8.78. The Labute approximate surface area is 90.0 Å². The Morgan fingerprint density at radius 3 is 2.87 bits per heavy atom. The molecule has 0 spiro atoms. The number of nitrogens with zero attached hydrogens (tertiary/aromatic N) is 1. The number of carbonyl (C=O) groups excluding carboxylic acids is 1. The summed E-state index contributed by atoms with van der Waals surface area (Å²) in [5.74, 6) is -1.36. The first-order valence-electron chi connectivity index (χ1n) is 4.18. The Bertz CT molecular complexity index is 383. The number of ether oxygens (including phenoxy) is 1. The van der Waals surface area contributed by atoms with Gasteiger partial charge in [-0.15, -0.1) is 16.2 Å². The van der Waals surface area contributed by atoms with Gasteiger partial charge in [0.15, 0.2) is 5.76 Å². The van der Waals surface area contributed by atoms with Crippen molar-refractivity contribution in [1.82, 2.24) is 0 Å². The first kappa shape index (κ1) is 11.4. The number of aliphatic hydroxyl groups is 1. The Kier molecular flexibility index (Phi) is 3.99. The fraction of sp³-hybridized carbons (Fsp3) is 0.222. The molecule has 0 amide bonds. The van der Waals surface area contributed by atoms with E-state index in [4.69, 9.17) is 0 Å². The summed E-state index contributed by atoms with van der Waals surface area (Å²) in [5.41, 5.74) is -0.598. The lowest BCUT2D eigenvalue weighted by Crippen LogP contribution is -2.07. The molecular formula is C9H9NO4S. The van der Waals surface area contributed by atoms with Crippen molar-refractivity contribution in [1.29, 1.82) is 0 Å². The third-order valence-electron chi connectivity index (χ3n) is 1.54. The third kappa shape index (κ3) is 2.63. The van der Waals surface area contributed by atoms with Crippen LogP contribution in [0, 0.1) is 4.91 Å². The summed E-state index contributed by atoms with van der Waals surface area (Å²) in [7, 11) is 0. The maximum absolute atomic E-state index is 11.2. The van der Waals surface area contributed by atoms with Gasteiger partial charge in [0.2, 0.25) is 5.70 Å². The smallest absolute Gasteiger partial charge is 0.364 e. The molecule has 1 rings (SSSR count). The number of hydrogen-bond donors (Lipinski definition) is 1. The minimum atomic E-state index is -0.918. The third-order valence-corrected chi connectivity index (χ3v) is 2.42. The Morgan fingerprint density at radius 1 is 1.67 bits per heavy atom. The van der Waals surface area contributed by atoms with Crippen LogP contribution in [0.3, 0.4) is 0 Å². The molecule has 0 aliphatic heterocycles. The van der Waals surface area contributed by atoms with E-state index in [0.29, 0.717) is 4.88 Å². The van der Waals surface area contributed by atoms with Gasteiger partial charge in [-0.1, -0.05) is 6.07 Å². The molecule has 1 N–H and O–H groups in total. The van der Waals surface area contributed by atoms with E-state index in [1.54, 1.807) is 24.4 Å². The molecule has 15 heavy (non-hydrogen) atoms. The maximum Gasteiger partial charge on any atom is 0.364 e. The Balaban J connectivity index is 3.03. The van der Waals surface area contributed by atoms with E-state index in [2.05, 4.69) is 9.91 Å². The number of aliphatic hydroxyl groups excluding tert-OH is 1. The first-order valence-corrected chi connectivity index (χ1v) is 5.06. The van der Waals surface area contributed by atoms with Crippen LogP contribution in [-0.2, 0) is 9.53 Å². The standard InChI is InChI=1S/C9H9NO4S/c1-2-14-9(12)7(10-13)8(11)6-4-3-5-15-6/h3-5,11H,2H2,1H3/b8-7+. The molecule has 6 heteroatoms. The van der Waals surface area contributed by atoms with Gasteiger partial charge < -0.3 is 9.84 Å². The van der Waals surface area contributed by atoms with Crippen molar-refractivity contribution in [2.75, 3.05) is 6.61 Å². The lowest BCUT2D eigenvalue weighted by Gasteiger charge is -2.01. The molecule has 80 valence electrons. The number of hydrogen-bond acceptors (Lipinski definition) is 6. The monoisotopic (exact) mass is 227 g/mol. The van der Waals surface area contributed by atoms with Gasteiger partial charge in [-0.25, -0.2) is 4.79 Å². The van der Waals surface area contributed by atoms with E-state index in [0.717, 1.165) is 0 Å². The number of nitroso groups, excluding NO2 is 1. The van der Waals surface area contributed by atoms with E-state index >= 15 is 0 Å². The topological polar surface area (TPSA) is 76.0 Å². The summed E-state index contributed by atoms with van der Waals surface area (Å²) in [6.45, 7) is 1.72. The summed E-state index contributed by atoms with van der Waals surface area (Å²) in [6, 6.07) is 3.26. The van der Waals surface area contributed by atoms with Crippen molar-refractivity contribution in [2.45, 2.75) is 6.92 Å². The predicted octanol–water partition coefficient (Wildman–Crippen LogP) is 2.30. The molecule has 0 aromatic carbocycles. The summed E-state index contributed by atoms with van der Waals surface area (Å²) in [4.78, 5) is 22.0. The summed E-state index contributed by atoms with van der Waals surface area (Å²) in [5, 5.41) is 13.7. The molecular weight excluding hydrogens is 218 g/mol. The van der Waals surface area contributed by atoms with Crippen LogP contribution in [0.25, 0.3) is 5.76 Å². The highest BCUT2D eigenvalue weighted by molar-refractivity contribution is 7.11. The number of carbonyl (C=O) groups is 1. The minimum absolute atomic E-state index is 0.121. The molecule has 5 nitrogen and oxygen atoms in total. The van der Waals surface area contributed by atoms with E-state index in [1.807, 2.05) is 0 Å². The number of thiophene rings is 1. The van der Waals surface area contributed by atoms with Crippen molar-refractivity contribution in [3.63, 3.8) is 0 Å². The predicted molar refractivity (Wildman–Crippen MR) is 56.3 cm³/mol. The van der Waals surface area contributed by atoms with Gasteiger partial charge in [0, 0.05) is 0 Å². The van der Waals surface area contributed by atoms with Crippen LogP contribution >= 0.6 is 11.3 Å². The molecule has 0 atom stereocenters. The van der Waals surface area contributed by atoms with Crippen LogP contribution in [0.4, 0.5) is 0 Å². The van der Waals surface area contributed by atoms with E-state index in [-0.39, 0.29) is 6.61 Å². The average Bonchev–Trinajstić information content (AvgIpc) is 2.71. The zero-order chi connectivity index (χ0) is 11.3. The molecule has 0 aliphatic carbocycles. The fourth-order valence-corrected chi connectivity index (χ4v) is 1.58. The van der Waals surface area contributed by atoms with Crippen LogP contribution < -0.4 is 0 Å². The van der Waals surface area contributed by atoms with Crippen molar-refractivity contribution in [3.8, 4) is 0 Å². The average molecular weight is 227 g/mol. The molecule has 1 heterocycles. The van der Waals surface area contributed by atoms with Gasteiger partial charge in [0.05, 0.1) is 11.5 Å². The van der Waals surface area contributed by atoms with Crippen LogP contribution in [0.15, 0.2) is 28.4 Å². The van der Waals surface area contributed by atoms with Crippen LogP contribution in [0.5, 0.6) is 0 Å². The SMILES string of the molecule is CCOC(=O)/C(N=O)=C(\O)c1cccs1. The molecule has 1 aromatic rings. The van der Waals surface area contributed by atoms with Crippen molar-refractivity contribution in [2.24, 2.45) is 5.18 Å². The van der Waals surface area contributed by atoms with Crippen molar-refractivity contribution in [3.05, 3.63) is 33.0 Å².